The van der Waals surface area contributed by atoms with E-state index < -0.39 is 0 Å². The molecule has 2 heterocycles. The summed E-state index contributed by atoms with van der Waals surface area (Å²) in [5.74, 6) is 2.30. The topological polar surface area (TPSA) is 59.5 Å². The molecule has 0 aromatic carbocycles. The van der Waals surface area contributed by atoms with Gasteiger partial charge in [0.1, 0.15) is 5.82 Å². The number of nitrogens with two attached hydrogens (primary N) is 1. The molecule has 1 saturated carbocycles. The second-order valence-corrected chi connectivity index (χ2v) is 5.04. The first-order chi connectivity index (χ1) is 8.78. The molecule has 2 N–H and O–H groups in total. The zero-order chi connectivity index (χ0) is 12.5. The van der Waals surface area contributed by atoms with Gasteiger partial charge in [0, 0.05) is 25.5 Å². The molecule has 18 heavy (non-hydrogen) atoms. The predicted molar refractivity (Wildman–Crippen MR) is 72.6 cm³/mol. The number of imidazole rings is 1. The van der Waals surface area contributed by atoms with Crippen LogP contribution in [0.25, 0.3) is 5.65 Å². The third kappa shape index (κ3) is 2.12. The molecular weight excluding hydrogens is 226 g/mol. The Morgan fingerprint density at radius 1 is 1.50 bits per heavy atom. The van der Waals surface area contributed by atoms with Gasteiger partial charge in [0.25, 0.3) is 0 Å². The lowest BCUT2D eigenvalue weighted by Gasteiger charge is -2.23. The summed E-state index contributed by atoms with van der Waals surface area (Å²) in [6.07, 6.45) is 9.31. The monoisotopic (exact) mass is 245 g/mol. The number of fused-ring (bicyclic) bond motifs is 1. The Labute approximate surface area is 107 Å². The van der Waals surface area contributed by atoms with E-state index in [-0.39, 0.29) is 0 Å². The van der Waals surface area contributed by atoms with Crippen molar-refractivity contribution in [1.82, 2.24) is 14.4 Å². The van der Waals surface area contributed by atoms with Crippen molar-refractivity contribution in [3.63, 3.8) is 0 Å². The first-order valence-electron chi connectivity index (χ1n) is 6.62. The summed E-state index contributed by atoms with van der Waals surface area (Å²) in [6, 6.07) is 0. The highest BCUT2D eigenvalue weighted by Gasteiger charge is 2.26. The molecule has 3 rings (SSSR count). The van der Waals surface area contributed by atoms with Gasteiger partial charge in [-0.05, 0) is 25.2 Å². The molecule has 0 aliphatic heterocycles. The molecule has 0 amide bonds. The predicted octanol–water partition coefficient (Wildman–Crippen LogP) is 1.94. The van der Waals surface area contributed by atoms with Crippen LogP contribution in [-0.2, 0) is 0 Å². The summed E-state index contributed by atoms with van der Waals surface area (Å²) < 4.78 is 1.95. The van der Waals surface area contributed by atoms with E-state index in [4.69, 9.17) is 5.73 Å². The van der Waals surface area contributed by atoms with Gasteiger partial charge in [0.15, 0.2) is 11.5 Å². The fraction of sp³-hybridized carbons (Fsp3) is 0.538. The Bertz CT molecular complexity index is 543. The van der Waals surface area contributed by atoms with Crippen molar-refractivity contribution >= 4 is 17.3 Å². The highest BCUT2D eigenvalue weighted by Crippen LogP contribution is 2.32. The Kier molecular flexibility index (Phi) is 2.81. The molecule has 5 nitrogen and oxygen atoms in total. The molecule has 0 saturated heterocycles. The molecule has 0 radical (unpaired) electrons. The van der Waals surface area contributed by atoms with Crippen molar-refractivity contribution in [2.45, 2.75) is 26.2 Å². The van der Waals surface area contributed by atoms with E-state index in [0.29, 0.717) is 5.82 Å². The molecule has 1 aliphatic carbocycles. The van der Waals surface area contributed by atoms with E-state index >= 15 is 0 Å². The first-order valence-corrected chi connectivity index (χ1v) is 6.62. The van der Waals surface area contributed by atoms with E-state index in [2.05, 4.69) is 21.8 Å². The lowest BCUT2D eigenvalue weighted by atomic mass is 10.3. The minimum absolute atomic E-state index is 0.549. The lowest BCUT2D eigenvalue weighted by Crippen LogP contribution is -2.28. The van der Waals surface area contributed by atoms with Crippen LogP contribution in [0.1, 0.15) is 26.2 Å². The quantitative estimate of drug-likeness (QED) is 0.874. The standard InChI is InChI=1S/C13H19N5/c1-2-6-17(8-10-3-4-10)13-12-15-5-7-18(12)9-11(14)16-13/h5,7,9-10H,2-4,6,8,14H2,1H3. The van der Waals surface area contributed by atoms with Gasteiger partial charge in [-0.15, -0.1) is 0 Å². The molecule has 1 aliphatic rings. The average Bonchev–Trinajstić information content (AvgIpc) is 3.03. The van der Waals surface area contributed by atoms with Gasteiger partial charge in [-0.1, -0.05) is 6.92 Å². The number of anilines is 2. The fourth-order valence-electron chi connectivity index (χ4n) is 2.31. The molecular formula is C13H19N5. The molecule has 0 spiro atoms. The van der Waals surface area contributed by atoms with Crippen molar-refractivity contribution < 1.29 is 0 Å². The van der Waals surface area contributed by atoms with Crippen LogP contribution in [0.3, 0.4) is 0 Å². The minimum Gasteiger partial charge on any atom is -0.382 e. The summed E-state index contributed by atoms with van der Waals surface area (Å²) in [5, 5.41) is 0. The Morgan fingerprint density at radius 3 is 3.06 bits per heavy atom. The maximum atomic E-state index is 5.88. The van der Waals surface area contributed by atoms with Crippen molar-refractivity contribution in [3.8, 4) is 0 Å². The fourth-order valence-corrected chi connectivity index (χ4v) is 2.31. The van der Waals surface area contributed by atoms with Gasteiger partial charge in [-0.3, -0.25) is 0 Å². The van der Waals surface area contributed by atoms with Gasteiger partial charge in [0.05, 0.1) is 6.20 Å². The van der Waals surface area contributed by atoms with Crippen LogP contribution in [0, 0.1) is 5.92 Å². The largest absolute Gasteiger partial charge is 0.382 e. The van der Waals surface area contributed by atoms with Gasteiger partial charge < -0.3 is 15.0 Å². The lowest BCUT2D eigenvalue weighted by molar-refractivity contribution is 0.699. The second-order valence-electron chi connectivity index (χ2n) is 5.04. The minimum atomic E-state index is 0.549. The van der Waals surface area contributed by atoms with Crippen molar-refractivity contribution in [2.75, 3.05) is 23.7 Å². The third-order valence-electron chi connectivity index (χ3n) is 3.34. The number of nitrogen functional groups attached to an aromatic ring is 1. The average molecular weight is 245 g/mol. The maximum Gasteiger partial charge on any atom is 0.180 e. The van der Waals surface area contributed by atoms with E-state index in [9.17, 15) is 0 Å². The number of hydrogen-bond donors (Lipinski definition) is 1. The first kappa shape index (κ1) is 11.3. The van der Waals surface area contributed by atoms with Gasteiger partial charge in [0.2, 0.25) is 0 Å². The number of rotatable bonds is 5. The van der Waals surface area contributed by atoms with E-state index in [1.54, 1.807) is 6.20 Å². The van der Waals surface area contributed by atoms with Gasteiger partial charge in [-0.25, -0.2) is 9.97 Å². The van der Waals surface area contributed by atoms with Crippen molar-refractivity contribution in [3.05, 3.63) is 18.6 Å². The maximum absolute atomic E-state index is 5.88. The highest BCUT2D eigenvalue weighted by atomic mass is 15.2. The van der Waals surface area contributed by atoms with Gasteiger partial charge in [-0.2, -0.15) is 0 Å². The van der Waals surface area contributed by atoms with Gasteiger partial charge >= 0.3 is 0 Å². The molecule has 1 fully saturated rings. The number of nitrogens with zero attached hydrogens (tertiary/aromatic N) is 4. The third-order valence-corrected chi connectivity index (χ3v) is 3.34. The summed E-state index contributed by atoms with van der Waals surface area (Å²) in [7, 11) is 0. The van der Waals surface area contributed by atoms with Crippen LogP contribution in [-0.4, -0.2) is 27.5 Å². The normalized spacial score (nSPS) is 15.2. The zero-order valence-electron chi connectivity index (χ0n) is 10.7. The molecule has 0 unspecified atom stereocenters. The summed E-state index contributed by atoms with van der Waals surface area (Å²) >= 11 is 0. The van der Waals surface area contributed by atoms with Crippen LogP contribution >= 0.6 is 0 Å². The van der Waals surface area contributed by atoms with Crippen LogP contribution in [0.15, 0.2) is 18.6 Å². The van der Waals surface area contributed by atoms with E-state index in [1.807, 2.05) is 16.8 Å². The van der Waals surface area contributed by atoms with Crippen LogP contribution in [0.5, 0.6) is 0 Å². The van der Waals surface area contributed by atoms with Crippen LogP contribution in [0.2, 0.25) is 0 Å². The highest BCUT2D eigenvalue weighted by molar-refractivity contribution is 5.66. The molecule has 2 aromatic heterocycles. The number of aromatic nitrogens is 3. The van der Waals surface area contributed by atoms with Crippen LogP contribution < -0.4 is 10.6 Å². The second kappa shape index (κ2) is 4.48. The Balaban J connectivity index is 2.00. The molecule has 2 aromatic rings. The van der Waals surface area contributed by atoms with Crippen LogP contribution in [0.4, 0.5) is 11.6 Å². The molecule has 0 bridgehead atoms. The van der Waals surface area contributed by atoms with E-state index in [1.165, 1.54) is 12.8 Å². The van der Waals surface area contributed by atoms with E-state index in [0.717, 1.165) is 36.9 Å². The van der Waals surface area contributed by atoms with Crippen molar-refractivity contribution in [1.29, 1.82) is 0 Å². The molecule has 5 heteroatoms. The smallest absolute Gasteiger partial charge is 0.180 e. The summed E-state index contributed by atoms with van der Waals surface area (Å²) in [6.45, 7) is 4.28. The SMILES string of the molecule is CCCN(CC1CC1)c1nc(N)cn2ccnc12. The Morgan fingerprint density at radius 2 is 2.33 bits per heavy atom. The molecule has 96 valence electrons. The Hall–Kier alpha value is -1.78. The summed E-state index contributed by atoms with van der Waals surface area (Å²) in [5.41, 5.74) is 6.78. The number of hydrogen-bond acceptors (Lipinski definition) is 4. The zero-order valence-corrected chi connectivity index (χ0v) is 10.7. The van der Waals surface area contributed by atoms with Crippen molar-refractivity contribution in [2.24, 2.45) is 5.92 Å². The molecule has 0 atom stereocenters. The summed E-state index contributed by atoms with van der Waals surface area (Å²) in [4.78, 5) is 11.2.